The van der Waals surface area contributed by atoms with Gasteiger partial charge in [0.25, 0.3) is 0 Å². The molecule has 0 saturated heterocycles. The Morgan fingerprint density at radius 2 is 2.06 bits per heavy atom. The quantitative estimate of drug-likeness (QED) is 0.767. The molecule has 0 heterocycles. The van der Waals surface area contributed by atoms with Crippen molar-refractivity contribution in [3.63, 3.8) is 0 Å². The summed E-state index contributed by atoms with van der Waals surface area (Å²) in [6.07, 6.45) is 1.21. The summed E-state index contributed by atoms with van der Waals surface area (Å²) in [6, 6.07) is 3.61. The number of carbonyl (C=O) groups is 2. The van der Waals surface area contributed by atoms with E-state index in [0.29, 0.717) is 12.2 Å². The van der Waals surface area contributed by atoms with Crippen LogP contribution < -0.4 is 4.74 Å². The minimum absolute atomic E-state index is 0.354. The van der Waals surface area contributed by atoms with E-state index in [1.54, 1.807) is 6.07 Å². The first kappa shape index (κ1) is 12.2. The average Bonchev–Trinajstić information content (AvgIpc) is 2.21. The van der Waals surface area contributed by atoms with Gasteiger partial charge in [0.2, 0.25) is 0 Å². The summed E-state index contributed by atoms with van der Waals surface area (Å²) in [5, 5.41) is 8.50. The second kappa shape index (κ2) is 5.30. The van der Waals surface area contributed by atoms with Crippen LogP contribution in [-0.4, -0.2) is 24.0 Å². The Labute approximate surface area is 93.9 Å². The molecule has 4 nitrogen and oxygen atoms in total. The molecule has 0 atom stereocenters. The Balaban J connectivity index is 2.91. The van der Waals surface area contributed by atoms with E-state index in [0.717, 1.165) is 23.0 Å². The van der Waals surface area contributed by atoms with Gasteiger partial charge in [0.05, 0.1) is 0 Å². The summed E-state index contributed by atoms with van der Waals surface area (Å²) >= 11 is 0. The fourth-order valence-corrected chi connectivity index (χ4v) is 1.45. The number of hydrogen-bond acceptors (Lipinski definition) is 3. The topological polar surface area (TPSA) is 63.6 Å². The predicted octanol–water partition coefficient (Wildman–Crippen LogP) is 1.51. The van der Waals surface area contributed by atoms with E-state index in [-0.39, 0.29) is 6.61 Å². The van der Waals surface area contributed by atoms with Crippen molar-refractivity contribution >= 4 is 12.3 Å². The minimum atomic E-state index is -1.01. The molecular weight excluding hydrogens is 208 g/mol. The highest BCUT2D eigenvalue weighted by Crippen LogP contribution is 2.22. The zero-order valence-electron chi connectivity index (χ0n) is 9.32. The number of carbonyl (C=O) groups excluding carboxylic acids is 1. The Hall–Kier alpha value is -1.84. The van der Waals surface area contributed by atoms with Crippen molar-refractivity contribution in [1.29, 1.82) is 0 Å². The van der Waals surface area contributed by atoms with Gasteiger partial charge in [-0.05, 0) is 36.6 Å². The molecule has 16 heavy (non-hydrogen) atoms. The van der Waals surface area contributed by atoms with Crippen molar-refractivity contribution in [1.82, 2.24) is 0 Å². The van der Waals surface area contributed by atoms with E-state index in [2.05, 4.69) is 0 Å². The third kappa shape index (κ3) is 3.08. The number of benzene rings is 1. The molecule has 1 rings (SSSR count). The van der Waals surface area contributed by atoms with Gasteiger partial charge in [-0.15, -0.1) is 0 Å². The summed E-state index contributed by atoms with van der Waals surface area (Å²) in [5.74, 6) is -0.455. The molecule has 0 aliphatic heterocycles. The van der Waals surface area contributed by atoms with Crippen molar-refractivity contribution < 1.29 is 19.4 Å². The number of aliphatic carboxylic acids is 1. The number of aryl methyl sites for hydroxylation is 2. The standard InChI is InChI=1S/C12H14O4/c1-8-6-11(16-7-12(14)15)9(2)5-10(8)3-4-13/h4-6H,3,7H2,1-2H3,(H,14,15). The van der Waals surface area contributed by atoms with Gasteiger partial charge < -0.3 is 14.6 Å². The van der Waals surface area contributed by atoms with Gasteiger partial charge >= 0.3 is 5.97 Å². The molecule has 0 unspecified atom stereocenters. The zero-order chi connectivity index (χ0) is 12.1. The average molecular weight is 222 g/mol. The molecule has 0 aliphatic rings. The maximum atomic E-state index is 10.4. The molecule has 0 spiro atoms. The van der Waals surface area contributed by atoms with Crippen molar-refractivity contribution in [2.24, 2.45) is 0 Å². The first-order chi connectivity index (χ1) is 7.54. The Bertz CT molecular complexity index is 410. The highest BCUT2D eigenvalue weighted by Gasteiger charge is 2.06. The lowest BCUT2D eigenvalue weighted by Gasteiger charge is -2.10. The third-order valence-electron chi connectivity index (χ3n) is 2.29. The molecule has 0 bridgehead atoms. The summed E-state index contributed by atoms with van der Waals surface area (Å²) in [4.78, 5) is 20.8. The number of rotatable bonds is 5. The van der Waals surface area contributed by atoms with Crippen LogP contribution >= 0.6 is 0 Å². The van der Waals surface area contributed by atoms with Crippen LogP contribution in [0.3, 0.4) is 0 Å². The van der Waals surface area contributed by atoms with Crippen LogP contribution in [0.2, 0.25) is 0 Å². The maximum Gasteiger partial charge on any atom is 0.341 e. The van der Waals surface area contributed by atoms with Gasteiger partial charge in [-0.2, -0.15) is 0 Å². The Kier molecular flexibility index (Phi) is 4.05. The SMILES string of the molecule is Cc1cc(OCC(=O)O)c(C)cc1CC=O. The predicted molar refractivity (Wildman–Crippen MR) is 58.8 cm³/mol. The number of hydrogen-bond donors (Lipinski definition) is 1. The van der Waals surface area contributed by atoms with Crippen LogP contribution in [0, 0.1) is 13.8 Å². The van der Waals surface area contributed by atoms with Crippen molar-refractivity contribution in [2.75, 3.05) is 6.61 Å². The van der Waals surface area contributed by atoms with E-state index in [4.69, 9.17) is 9.84 Å². The number of carboxylic acids is 1. The molecule has 0 saturated carbocycles. The zero-order valence-corrected chi connectivity index (χ0v) is 9.32. The van der Waals surface area contributed by atoms with E-state index < -0.39 is 5.97 Å². The first-order valence-corrected chi connectivity index (χ1v) is 4.93. The number of ether oxygens (including phenoxy) is 1. The maximum absolute atomic E-state index is 10.4. The summed E-state index contributed by atoms with van der Waals surface area (Å²) in [7, 11) is 0. The summed E-state index contributed by atoms with van der Waals surface area (Å²) in [6.45, 7) is 3.34. The molecule has 0 aromatic heterocycles. The van der Waals surface area contributed by atoms with Crippen LogP contribution in [0.25, 0.3) is 0 Å². The van der Waals surface area contributed by atoms with Gasteiger partial charge in [0.1, 0.15) is 12.0 Å². The molecule has 1 N–H and O–H groups in total. The Morgan fingerprint density at radius 3 is 2.62 bits per heavy atom. The minimum Gasteiger partial charge on any atom is -0.482 e. The van der Waals surface area contributed by atoms with Crippen LogP contribution in [0.15, 0.2) is 12.1 Å². The van der Waals surface area contributed by atoms with E-state index >= 15 is 0 Å². The lowest BCUT2D eigenvalue weighted by atomic mass is 10.0. The molecule has 1 aromatic carbocycles. The molecule has 0 fully saturated rings. The Morgan fingerprint density at radius 1 is 1.38 bits per heavy atom. The molecule has 0 amide bonds. The van der Waals surface area contributed by atoms with Crippen LogP contribution in [0.1, 0.15) is 16.7 Å². The summed E-state index contributed by atoms with van der Waals surface area (Å²) < 4.78 is 5.12. The second-order valence-electron chi connectivity index (χ2n) is 3.60. The fourth-order valence-electron chi connectivity index (χ4n) is 1.45. The normalized spacial score (nSPS) is 9.88. The van der Waals surface area contributed by atoms with Crippen molar-refractivity contribution in [3.05, 3.63) is 28.8 Å². The molecule has 0 aliphatic carbocycles. The largest absolute Gasteiger partial charge is 0.482 e. The lowest BCUT2D eigenvalue weighted by molar-refractivity contribution is -0.139. The van der Waals surface area contributed by atoms with Crippen molar-refractivity contribution in [3.8, 4) is 5.75 Å². The molecule has 86 valence electrons. The second-order valence-corrected chi connectivity index (χ2v) is 3.60. The lowest BCUT2D eigenvalue weighted by Crippen LogP contribution is -2.10. The fraction of sp³-hybridized carbons (Fsp3) is 0.333. The molecule has 1 aromatic rings. The van der Waals surface area contributed by atoms with E-state index in [1.807, 2.05) is 19.9 Å². The molecular formula is C12H14O4. The van der Waals surface area contributed by atoms with Crippen LogP contribution in [0.4, 0.5) is 0 Å². The third-order valence-corrected chi connectivity index (χ3v) is 2.29. The van der Waals surface area contributed by atoms with E-state index in [1.165, 1.54) is 0 Å². The summed E-state index contributed by atoms with van der Waals surface area (Å²) in [5.41, 5.74) is 2.71. The van der Waals surface area contributed by atoms with Gasteiger partial charge in [-0.25, -0.2) is 4.79 Å². The smallest absolute Gasteiger partial charge is 0.341 e. The van der Waals surface area contributed by atoms with Crippen molar-refractivity contribution in [2.45, 2.75) is 20.3 Å². The highest BCUT2D eigenvalue weighted by atomic mass is 16.5. The van der Waals surface area contributed by atoms with Gasteiger partial charge in [0.15, 0.2) is 6.61 Å². The van der Waals surface area contributed by atoms with Gasteiger partial charge in [0, 0.05) is 6.42 Å². The monoisotopic (exact) mass is 222 g/mol. The van der Waals surface area contributed by atoms with Crippen LogP contribution in [-0.2, 0) is 16.0 Å². The molecule has 4 heteroatoms. The van der Waals surface area contributed by atoms with Crippen LogP contribution in [0.5, 0.6) is 5.75 Å². The number of carboxylic acid groups (broad SMARTS) is 1. The molecule has 0 radical (unpaired) electrons. The number of aldehydes is 1. The van der Waals surface area contributed by atoms with Gasteiger partial charge in [-0.3, -0.25) is 0 Å². The first-order valence-electron chi connectivity index (χ1n) is 4.93. The highest BCUT2D eigenvalue weighted by molar-refractivity contribution is 5.68. The van der Waals surface area contributed by atoms with E-state index in [9.17, 15) is 9.59 Å². The van der Waals surface area contributed by atoms with Gasteiger partial charge in [-0.1, -0.05) is 6.07 Å².